The Morgan fingerprint density at radius 1 is 1.07 bits per heavy atom. The molecule has 0 spiro atoms. The van der Waals surface area contributed by atoms with Crippen LogP contribution in [0.4, 0.5) is 5.69 Å². The highest BCUT2D eigenvalue weighted by Gasteiger charge is 2.12. The second-order valence-corrected chi connectivity index (χ2v) is 7.22. The van der Waals surface area contributed by atoms with E-state index in [0.29, 0.717) is 23.1 Å². The van der Waals surface area contributed by atoms with Gasteiger partial charge in [-0.2, -0.15) is 0 Å². The average molecular weight is 445 g/mol. The van der Waals surface area contributed by atoms with Gasteiger partial charge in [-0.05, 0) is 58.2 Å². The smallest absolute Gasteiger partial charge is 0.175 e. The van der Waals surface area contributed by atoms with Gasteiger partial charge in [0.25, 0.3) is 0 Å². The fourth-order valence-electron chi connectivity index (χ4n) is 2.57. The molecule has 0 aliphatic rings. The summed E-state index contributed by atoms with van der Waals surface area (Å²) < 4.78 is 12.3. The molecule has 0 aromatic heterocycles. The summed E-state index contributed by atoms with van der Waals surface area (Å²) in [6.07, 6.45) is 1.81. The summed E-state index contributed by atoms with van der Waals surface area (Å²) in [6.45, 7) is 2.39. The quantitative estimate of drug-likeness (QED) is 0.394. The second kappa shape index (κ2) is 9.07. The van der Waals surface area contributed by atoms with Crippen molar-refractivity contribution in [2.75, 3.05) is 7.11 Å². The number of aliphatic imine (C=N–C) groups is 1. The summed E-state index contributed by atoms with van der Waals surface area (Å²) >= 11 is 9.77. The molecule has 0 fully saturated rings. The molecule has 0 saturated carbocycles. The molecular formula is C22H19BrClNO2. The van der Waals surface area contributed by atoms with Crippen LogP contribution < -0.4 is 9.47 Å². The maximum Gasteiger partial charge on any atom is 0.175 e. The number of hydrogen-bond donors (Lipinski definition) is 0. The zero-order chi connectivity index (χ0) is 19.2. The highest BCUT2D eigenvalue weighted by atomic mass is 79.9. The number of halogens is 2. The summed E-state index contributed by atoms with van der Waals surface area (Å²) in [5.41, 5.74) is 3.89. The number of benzene rings is 3. The lowest BCUT2D eigenvalue weighted by atomic mass is 10.2. The molecule has 5 heteroatoms. The van der Waals surface area contributed by atoms with Crippen LogP contribution in [0.25, 0.3) is 0 Å². The van der Waals surface area contributed by atoms with Crippen molar-refractivity contribution in [3.63, 3.8) is 0 Å². The Morgan fingerprint density at radius 3 is 2.56 bits per heavy atom. The third-order valence-electron chi connectivity index (χ3n) is 4.05. The number of methoxy groups -OCH3 is 1. The summed E-state index contributed by atoms with van der Waals surface area (Å²) in [6, 6.07) is 19.5. The number of para-hydroxylation sites is 1. The number of ether oxygens (including phenoxy) is 2. The minimum absolute atomic E-state index is 0.352. The van der Waals surface area contributed by atoms with Gasteiger partial charge in [0.15, 0.2) is 11.5 Å². The number of hydrogen-bond acceptors (Lipinski definition) is 3. The van der Waals surface area contributed by atoms with E-state index in [4.69, 9.17) is 21.1 Å². The van der Waals surface area contributed by atoms with E-state index in [0.717, 1.165) is 26.9 Å². The third-order valence-corrected chi connectivity index (χ3v) is 5.01. The molecule has 0 aliphatic carbocycles. The minimum Gasteiger partial charge on any atom is -0.493 e. The van der Waals surface area contributed by atoms with Crippen molar-refractivity contribution in [2.24, 2.45) is 4.99 Å². The lowest BCUT2D eigenvalue weighted by molar-refractivity contribution is 0.282. The second-order valence-electron chi connectivity index (χ2n) is 5.96. The molecule has 0 radical (unpaired) electrons. The molecule has 0 bridgehead atoms. The van der Waals surface area contributed by atoms with Gasteiger partial charge in [0.05, 0.1) is 17.3 Å². The van der Waals surface area contributed by atoms with Crippen molar-refractivity contribution in [2.45, 2.75) is 13.5 Å². The molecule has 0 atom stereocenters. The van der Waals surface area contributed by atoms with E-state index in [-0.39, 0.29) is 0 Å². The standard InChI is InChI=1S/C22H19BrClNO2/c1-15-7-3-6-10-20(15)25-13-16-11-18(23)22(21(12-16)26-2)27-14-17-8-4-5-9-19(17)24/h3-13H,14H2,1-2H3. The van der Waals surface area contributed by atoms with Crippen LogP contribution in [0.2, 0.25) is 5.02 Å². The first-order chi connectivity index (χ1) is 13.1. The summed E-state index contributed by atoms with van der Waals surface area (Å²) in [5.74, 6) is 1.26. The van der Waals surface area contributed by atoms with E-state index in [9.17, 15) is 0 Å². The maximum absolute atomic E-state index is 6.20. The lowest BCUT2D eigenvalue weighted by Crippen LogP contribution is -2.00. The van der Waals surface area contributed by atoms with Gasteiger partial charge in [-0.1, -0.05) is 48.0 Å². The normalized spacial score (nSPS) is 11.0. The van der Waals surface area contributed by atoms with E-state index in [1.54, 1.807) is 7.11 Å². The molecule has 3 rings (SSSR count). The summed E-state index contributed by atoms with van der Waals surface area (Å²) in [7, 11) is 1.62. The molecule has 27 heavy (non-hydrogen) atoms. The zero-order valence-corrected chi connectivity index (χ0v) is 17.4. The van der Waals surface area contributed by atoms with Crippen molar-refractivity contribution >= 4 is 39.4 Å². The van der Waals surface area contributed by atoms with E-state index < -0.39 is 0 Å². The Kier molecular flexibility index (Phi) is 6.54. The van der Waals surface area contributed by atoms with E-state index in [2.05, 4.69) is 20.9 Å². The fourth-order valence-corrected chi connectivity index (χ4v) is 3.34. The van der Waals surface area contributed by atoms with Gasteiger partial charge in [0.2, 0.25) is 0 Å². The van der Waals surface area contributed by atoms with Crippen molar-refractivity contribution in [3.8, 4) is 11.5 Å². The van der Waals surface area contributed by atoms with Crippen molar-refractivity contribution in [1.29, 1.82) is 0 Å². The fraction of sp³-hybridized carbons (Fsp3) is 0.136. The largest absolute Gasteiger partial charge is 0.493 e. The van der Waals surface area contributed by atoms with Gasteiger partial charge in [-0.25, -0.2) is 0 Å². The first-order valence-corrected chi connectivity index (χ1v) is 9.59. The van der Waals surface area contributed by atoms with Gasteiger partial charge in [-0.3, -0.25) is 4.99 Å². The molecule has 138 valence electrons. The first kappa shape index (κ1) is 19.5. The Labute approximate surface area is 172 Å². The third kappa shape index (κ3) is 4.90. The number of nitrogens with zero attached hydrogens (tertiary/aromatic N) is 1. The predicted molar refractivity (Wildman–Crippen MR) is 115 cm³/mol. The molecule has 3 aromatic carbocycles. The van der Waals surface area contributed by atoms with Crippen molar-refractivity contribution < 1.29 is 9.47 Å². The first-order valence-electron chi connectivity index (χ1n) is 8.42. The van der Waals surface area contributed by atoms with Gasteiger partial charge >= 0.3 is 0 Å². The van der Waals surface area contributed by atoms with E-state index >= 15 is 0 Å². The Bertz CT molecular complexity index is 972. The van der Waals surface area contributed by atoms with Gasteiger partial charge < -0.3 is 9.47 Å². The lowest BCUT2D eigenvalue weighted by Gasteiger charge is -2.14. The molecule has 0 saturated heterocycles. The number of aryl methyl sites for hydroxylation is 1. The summed E-state index contributed by atoms with van der Waals surface area (Å²) in [5, 5.41) is 0.676. The van der Waals surface area contributed by atoms with Crippen LogP contribution in [-0.2, 0) is 6.61 Å². The predicted octanol–water partition coefficient (Wildman–Crippen LogP) is 6.75. The van der Waals surface area contributed by atoms with Crippen LogP contribution in [0.15, 0.2) is 70.1 Å². The Hall–Kier alpha value is -2.30. The zero-order valence-electron chi connectivity index (χ0n) is 15.1. The molecule has 0 unspecified atom stereocenters. The molecule has 3 nitrogen and oxygen atoms in total. The summed E-state index contributed by atoms with van der Waals surface area (Å²) in [4.78, 5) is 4.57. The number of rotatable bonds is 6. The SMILES string of the molecule is COc1cc(C=Nc2ccccc2C)cc(Br)c1OCc1ccccc1Cl. The van der Waals surface area contributed by atoms with Crippen LogP contribution in [0.1, 0.15) is 16.7 Å². The molecule has 0 amide bonds. The maximum atomic E-state index is 6.20. The van der Waals surface area contributed by atoms with Gasteiger partial charge in [0.1, 0.15) is 6.61 Å². The van der Waals surface area contributed by atoms with Gasteiger partial charge in [0, 0.05) is 16.8 Å². The average Bonchev–Trinajstić information content (AvgIpc) is 2.67. The topological polar surface area (TPSA) is 30.8 Å². The van der Waals surface area contributed by atoms with Crippen LogP contribution in [-0.4, -0.2) is 13.3 Å². The van der Waals surface area contributed by atoms with E-state index in [1.807, 2.05) is 73.8 Å². The van der Waals surface area contributed by atoms with Crippen molar-refractivity contribution in [3.05, 3.63) is 86.8 Å². The highest BCUT2D eigenvalue weighted by Crippen LogP contribution is 2.37. The molecule has 0 aliphatic heterocycles. The van der Waals surface area contributed by atoms with Crippen LogP contribution >= 0.6 is 27.5 Å². The Morgan fingerprint density at radius 2 is 1.81 bits per heavy atom. The molecular weight excluding hydrogens is 426 g/mol. The Balaban J connectivity index is 1.83. The molecule has 0 heterocycles. The van der Waals surface area contributed by atoms with Crippen LogP contribution in [0, 0.1) is 6.92 Å². The molecule has 3 aromatic rings. The molecule has 0 N–H and O–H groups in total. The van der Waals surface area contributed by atoms with Crippen LogP contribution in [0.3, 0.4) is 0 Å². The van der Waals surface area contributed by atoms with Crippen molar-refractivity contribution in [1.82, 2.24) is 0 Å². The van der Waals surface area contributed by atoms with E-state index in [1.165, 1.54) is 0 Å². The minimum atomic E-state index is 0.352. The van der Waals surface area contributed by atoms with Crippen LogP contribution in [0.5, 0.6) is 11.5 Å². The highest BCUT2D eigenvalue weighted by molar-refractivity contribution is 9.10. The van der Waals surface area contributed by atoms with Gasteiger partial charge in [-0.15, -0.1) is 0 Å². The monoisotopic (exact) mass is 443 g/mol.